The average Bonchev–Trinajstić information content (AvgIpc) is 3.16. The standard InChI is InChI=1S/C19H26N4O4/c1-21-8-10-23(11-9-21)17(24)15-2-5-20-16(14-15)18(25)22-6-3-19(4-7-22)26-12-13-27-19/h2,5,14H,3-4,6-13H2,1H3. The second-order valence-electron chi connectivity index (χ2n) is 7.43. The van der Waals surface area contributed by atoms with Crippen molar-refractivity contribution in [3.63, 3.8) is 0 Å². The highest BCUT2D eigenvalue weighted by Gasteiger charge is 2.41. The van der Waals surface area contributed by atoms with Crippen molar-refractivity contribution < 1.29 is 19.1 Å². The number of carbonyl (C=O) groups excluding carboxylic acids is 2. The third kappa shape index (κ3) is 3.83. The molecule has 4 rings (SSSR count). The van der Waals surface area contributed by atoms with Crippen molar-refractivity contribution in [2.45, 2.75) is 18.6 Å². The van der Waals surface area contributed by atoms with E-state index in [4.69, 9.17) is 9.47 Å². The Kier molecular flexibility index (Phi) is 5.12. The molecule has 27 heavy (non-hydrogen) atoms. The zero-order chi connectivity index (χ0) is 18.9. The summed E-state index contributed by atoms with van der Waals surface area (Å²) in [6, 6.07) is 3.30. The predicted octanol–water partition coefficient (Wildman–Crippen LogP) is 0.448. The molecule has 4 heterocycles. The van der Waals surface area contributed by atoms with Crippen molar-refractivity contribution >= 4 is 11.8 Å². The second-order valence-corrected chi connectivity index (χ2v) is 7.43. The summed E-state index contributed by atoms with van der Waals surface area (Å²) in [5.74, 6) is -0.690. The van der Waals surface area contributed by atoms with Crippen LogP contribution in [-0.4, -0.2) is 96.8 Å². The summed E-state index contributed by atoms with van der Waals surface area (Å²) >= 11 is 0. The number of hydrogen-bond donors (Lipinski definition) is 0. The third-order valence-corrected chi connectivity index (χ3v) is 5.64. The van der Waals surface area contributed by atoms with E-state index in [1.165, 1.54) is 0 Å². The van der Waals surface area contributed by atoms with Crippen molar-refractivity contribution in [1.82, 2.24) is 19.7 Å². The van der Waals surface area contributed by atoms with E-state index in [0.717, 1.165) is 13.1 Å². The number of pyridine rings is 1. The summed E-state index contributed by atoms with van der Waals surface area (Å²) in [6.07, 6.45) is 2.88. The number of carbonyl (C=O) groups is 2. The molecule has 0 aromatic carbocycles. The zero-order valence-electron chi connectivity index (χ0n) is 15.7. The summed E-state index contributed by atoms with van der Waals surface area (Å²) < 4.78 is 11.4. The van der Waals surface area contributed by atoms with Gasteiger partial charge < -0.3 is 24.2 Å². The zero-order valence-corrected chi connectivity index (χ0v) is 15.7. The SMILES string of the molecule is CN1CCN(C(=O)c2ccnc(C(=O)N3CCC4(CC3)OCCO4)c2)CC1. The van der Waals surface area contributed by atoms with Gasteiger partial charge in [-0.15, -0.1) is 0 Å². The Morgan fingerprint density at radius 2 is 1.59 bits per heavy atom. The van der Waals surface area contributed by atoms with Gasteiger partial charge in [0.2, 0.25) is 0 Å². The van der Waals surface area contributed by atoms with Gasteiger partial charge in [0.15, 0.2) is 5.79 Å². The minimum Gasteiger partial charge on any atom is -0.347 e. The molecule has 3 saturated heterocycles. The molecule has 1 aromatic rings. The smallest absolute Gasteiger partial charge is 0.272 e. The van der Waals surface area contributed by atoms with Gasteiger partial charge in [-0.1, -0.05) is 0 Å². The lowest BCUT2D eigenvalue weighted by Crippen LogP contribution is -2.48. The highest BCUT2D eigenvalue weighted by Crippen LogP contribution is 2.31. The number of amides is 2. The maximum atomic E-state index is 12.8. The fourth-order valence-corrected chi connectivity index (χ4v) is 3.87. The van der Waals surface area contributed by atoms with E-state index < -0.39 is 5.79 Å². The third-order valence-electron chi connectivity index (χ3n) is 5.64. The van der Waals surface area contributed by atoms with Crippen LogP contribution in [0.4, 0.5) is 0 Å². The maximum Gasteiger partial charge on any atom is 0.272 e. The molecule has 2 amide bonds. The highest BCUT2D eigenvalue weighted by molar-refractivity contribution is 5.98. The number of nitrogens with zero attached hydrogens (tertiary/aromatic N) is 4. The largest absolute Gasteiger partial charge is 0.347 e. The van der Waals surface area contributed by atoms with Crippen LogP contribution in [0.15, 0.2) is 18.3 Å². The summed E-state index contributed by atoms with van der Waals surface area (Å²) in [5, 5.41) is 0. The van der Waals surface area contributed by atoms with Crippen LogP contribution in [0.3, 0.4) is 0 Å². The summed E-state index contributed by atoms with van der Waals surface area (Å²) in [6.45, 7) is 5.50. The first-order chi connectivity index (χ1) is 13.1. The van der Waals surface area contributed by atoms with Crippen LogP contribution < -0.4 is 0 Å². The first-order valence-corrected chi connectivity index (χ1v) is 9.57. The molecule has 0 bridgehead atoms. The molecule has 8 nitrogen and oxygen atoms in total. The van der Waals surface area contributed by atoms with Crippen LogP contribution in [0.2, 0.25) is 0 Å². The van der Waals surface area contributed by atoms with E-state index in [0.29, 0.717) is 63.5 Å². The minimum atomic E-state index is -0.510. The van der Waals surface area contributed by atoms with Crippen molar-refractivity contribution in [2.75, 3.05) is 59.5 Å². The van der Waals surface area contributed by atoms with E-state index in [2.05, 4.69) is 16.9 Å². The number of hydrogen-bond acceptors (Lipinski definition) is 6. The van der Waals surface area contributed by atoms with Crippen LogP contribution in [0, 0.1) is 0 Å². The molecule has 0 aliphatic carbocycles. The lowest BCUT2D eigenvalue weighted by molar-refractivity contribution is -0.181. The Bertz CT molecular complexity index is 701. The molecule has 1 spiro atoms. The maximum absolute atomic E-state index is 12.8. The quantitative estimate of drug-likeness (QED) is 0.748. The van der Waals surface area contributed by atoms with E-state index in [1.807, 2.05) is 4.90 Å². The van der Waals surface area contributed by atoms with Crippen molar-refractivity contribution in [1.29, 1.82) is 0 Å². The van der Waals surface area contributed by atoms with E-state index in [1.54, 1.807) is 23.2 Å². The number of rotatable bonds is 2. The van der Waals surface area contributed by atoms with Gasteiger partial charge >= 0.3 is 0 Å². The second kappa shape index (κ2) is 7.53. The van der Waals surface area contributed by atoms with E-state index in [-0.39, 0.29) is 11.8 Å². The molecule has 0 N–H and O–H groups in total. The fraction of sp³-hybridized carbons (Fsp3) is 0.632. The first-order valence-electron chi connectivity index (χ1n) is 9.57. The lowest BCUT2D eigenvalue weighted by atomic mass is 10.0. The Balaban J connectivity index is 1.41. The predicted molar refractivity (Wildman–Crippen MR) is 97.4 cm³/mol. The Hall–Kier alpha value is -2.03. The molecular formula is C19H26N4O4. The van der Waals surface area contributed by atoms with Gasteiger partial charge in [-0.3, -0.25) is 14.6 Å². The average molecular weight is 374 g/mol. The van der Waals surface area contributed by atoms with Gasteiger partial charge in [0, 0.05) is 63.9 Å². The molecule has 146 valence electrons. The Morgan fingerprint density at radius 3 is 2.26 bits per heavy atom. The number of piperidine rings is 1. The fourth-order valence-electron chi connectivity index (χ4n) is 3.87. The molecule has 8 heteroatoms. The Labute approximate surface area is 159 Å². The molecule has 0 atom stereocenters. The van der Waals surface area contributed by atoms with E-state index in [9.17, 15) is 9.59 Å². The van der Waals surface area contributed by atoms with Crippen molar-refractivity contribution in [2.24, 2.45) is 0 Å². The molecule has 0 radical (unpaired) electrons. The summed E-state index contributed by atoms with van der Waals surface area (Å²) in [5.41, 5.74) is 0.841. The normalized spacial score (nSPS) is 23.0. The van der Waals surface area contributed by atoms with Crippen LogP contribution >= 0.6 is 0 Å². The van der Waals surface area contributed by atoms with Gasteiger partial charge in [-0.25, -0.2) is 0 Å². The molecular weight excluding hydrogens is 348 g/mol. The number of ether oxygens (including phenoxy) is 2. The Morgan fingerprint density at radius 1 is 0.963 bits per heavy atom. The highest BCUT2D eigenvalue weighted by atomic mass is 16.7. The van der Waals surface area contributed by atoms with Gasteiger partial charge in [0.1, 0.15) is 5.69 Å². The van der Waals surface area contributed by atoms with Crippen LogP contribution in [0.5, 0.6) is 0 Å². The number of likely N-dealkylation sites (N-methyl/N-ethyl adjacent to an activating group) is 1. The lowest BCUT2D eigenvalue weighted by Gasteiger charge is -2.37. The molecule has 0 unspecified atom stereocenters. The van der Waals surface area contributed by atoms with Gasteiger partial charge in [-0.05, 0) is 19.2 Å². The number of aromatic nitrogens is 1. The van der Waals surface area contributed by atoms with Crippen LogP contribution in [0.1, 0.15) is 33.7 Å². The van der Waals surface area contributed by atoms with Crippen LogP contribution in [0.25, 0.3) is 0 Å². The molecule has 3 aliphatic heterocycles. The first kappa shape index (κ1) is 18.3. The van der Waals surface area contributed by atoms with E-state index >= 15 is 0 Å². The molecule has 3 aliphatic rings. The van der Waals surface area contributed by atoms with Gasteiger partial charge in [0.05, 0.1) is 13.2 Å². The van der Waals surface area contributed by atoms with Crippen molar-refractivity contribution in [3.8, 4) is 0 Å². The minimum absolute atomic E-state index is 0.0371. The molecule has 3 fully saturated rings. The monoisotopic (exact) mass is 374 g/mol. The number of likely N-dealkylation sites (tertiary alicyclic amines) is 1. The number of piperazine rings is 1. The summed E-state index contributed by atoms with van der Waals surface area (Å²) in [7, 11) is 2.05. The van der Waals surface area contributed by atoms with Crippen molar-refractivity contribution in [3.05, 3.63) is 29.6 Å². The summed E-state index contributed by atoms with van der Waals surface area (Å²) in [4.78, 5) is 35.6. The molecule has 1 aromatic heterocycles. The van der Waals surface area contributed by atoms with Gasteiger partial charge in [-0.2, -0.15) is 0 Å². The molecule has 0 saturated carbocycles. The van der Waals surface area contributed by atoms with Gasteiger partial charge in [0.25, 0.3) is 11.8 Å². The van der Waals surface area contributed by atoms with Crippen LogP contribution in [-0.2, 0) is 9.47 Å². The topological polar surface area (TPSA) is 75.2 Å².